The highest BCUT2D eigenvalue weighted by atomic mass is 16.5. The van der Waals surface area contributed by atoms with Crippen molar-refractivity contribution in [3.63, 3.8) is 0 Å². The molecule has 1 aliphatic heterocycles. The van der Waals surface area contributed by atoms with Crippen molar-refractivity contribution in [3.8, 4) is 5.75 Å². The molecule has 0 aliphatic carbocycles. The molecule has 1 saturated heterocycles. The molecule has 0 radical (unpaired) electrons. The van der Waals surface area contributed by atoms with Crippen LogP contribution in [-0.4, -0.2) is 59.1 Å². The Balaban J connectivity index is 1.34. The van der Waals surface area contributed by atoms with Gasteiger partial charge in [0, 0.05) is 6.42 Å². The van der Waals surface area contributed by atoms with Crippen molar-refractivity contribution in [1.82, 2.24) is 0 Å². The summed E-state index contributed by atoms with van der Waals surface area (Å²) in [5.74, 6) is 0.967. The van der Waals surface area contributed by atoms with E-state index < -0.39 is 0 Å². The summed E-state index contributed by atoms with van der Waals surface area (Å²) < 4.78 is 11.8. The van der Waals surface area contributed by atoms with E-state index in [0.717, 1.165) is 25.3 Å². The largest absolute Gasteiger partial charge is 0.491 e. The van der Waals surface area contributed by atoms with Crippen molar-refractivity contribution in [1.29, 1.82) is 0 Å². The predicted molar refractivity (Wildman–Crippen MR) is 109 cm³/mol. The zero-order chi connectivity index (χ0) is 18.7. The van der Waals surface area contributed by atoms with Crippen LogP contribution >= 0.6 is 0 Å². The highest BCUT2D eigenvalue weighted by molar-refractivity contribution is 5.37. The minimum atomic E-state index is 0.606. The Labute approximate surface area is 163 Å². The van der Waals surface area contributed by atoms with E-state index in [9.17, 15) is 0 Å². The lowest BCUT2D eigenvalue weighted by Crippen LogP contribution is -3.28. The first kappa shape index (κ1) is 19.9. The van der Waals surface area contributed by atoms with Gasteiger partial charge in [0.25, 0.3) is 0 Å². The van der Waals surface area contributed by atoms with Crippen LogP contribution in [-0.2, 0) is 11.2 Å². The number of hydrogen-bond donors (Lipinski definition) is 2. The lowest BCUT2D eigenvalue weighted by molar-refractivity contribution is -1.01. The van der Waals surface area contributed by atoms with Crippen molar-refractivity contribution in [3.05, 3.63) is 65.7 Å². The molecule has 27 heavy (non-hydrogen) atoms. The summed E-state index contributed by atoms with van der Waals surface area (Å²) in [6, 6.07) is 18.8. The molecule has 0 saturated carbocycles. The first-order valence-corrected chi connectivity index (χ1v) is 10.3. The SMILES string of the molecule is CC[NH+]1CC[NH+](CCOCCOc2ccccc2Cc2ccccc2)CC1. The molecule has 1 aliphatic rings. The molecule has 0 spiro atoms. The number of quaternary nitrogens is 2. The van der Waals surface area contributed by atoms with Gasteiger partial charge in [-0.05, 0) is 24.1 Å². The zero-order valence-electron chi connectivity index (χ0n) is 16.6. The third-order valence-electron chi connectivity index (χ3n) is 5.46. The molecular weight excluding hydrogens is 336 g/mol. The molecule has 2 aromatic rings. The van der Waals surface area contributed by atoms with Crippen LogP contribution in [0, 0.1) is 0 Å². The smallest absolute Gasteiger partial charge is 0.127 e. The third kappa shape index (κ3) is 6.65. The van der Waals surface area contributed by atoms with Gasteiger partial charge in [0.15, 0.2) is 0 Å². The predicted octanol–water partition coefficient (Wildman–Crippen LogP) is 0.476. The fraction of sp³-hybridized carbons (Fsp3) is 0.478. The van der Waals surface area contributed by atoms with Crippen molar-refractivity contribution in [2.45, 2.75) is 13.3 Å². The van der Waals surface area contributed by atoms with Crippen LogP contribution in [0.2, 0.25) is 0 Å². The van der Waals surface area contributed by atoms with Gasteiger partial charge in [0.2, 0.25) is 0 Å². The topological polar surface area (TPSA) is 27.3 Å². The number of rotatable bonds is 10. The zero-order valence-corrected chi connectivity index (χ0v) is 16.6. The second kappa shape index (κ2) is 11.1. The monoisotopic (exact) mass is 370 g/mol. The first-order valence-electron chi connectivity index (χ1n) is 10.3. The third-order valence-corrected chi connectivity index (χ3v) is 5.46. The van der Waals surface area contributed by atoms with E-state index >= 15 is 0 Å². The quantitative estimate of drug-likeness (QED) is 0.595. The summed E-state index contributed by atoms with van der Waals surface area (Å²) in [4.78, 5) is 3.42. The van der Waals surface area contributed by atoms with Crippen LogP contribution in [0.1, 0.15) is 18.1 Å². The van der Waals surface area contributed by atoms with Gasteiger partial charge in [-0.3, -0.25) is 0 Å². The minimum Gasteiger partial charge on any atom is -0.491 e. The standard InChI is InChI=1S/C23H32N2O2/c1-2-24-12-14-25(15-13-24)16-17-26-18-19-27-23-11-7-6-10-22(23)20-21-8-4-3-5-9-21/h3-11H,2,12-20H2,1H3/p+2. The van der Waals surface area contributed by atoms with E-state index in [0.29, 0.717) is 13.2 Å². The van der Waals surface area contributed by atoms with Crippen LogP contribution in [0.25, 0.3) is 0 Å². The molecule has 0 amide bonds. The maximum atomic E-state index is 5.99. The van der Waals surface area contributed by atoms with E-state index in [1.807, 2.05) is 6.07 Å². The van der Waals surface area contributed by atoms with E-state index in [-0.39, 0.29) is 0 Å². The Bertz CT molecular complexity index is 654. The molecule has 4 nitrogen and oxygen atoms in total. The number of likely N-dealkylation sites (N-methyl/N-ethyl adjacent to an activating group) is 1. The number of hydrogen-bond acceptors (Lipinski definition) is 2. The van der Waals surface area contributed by atoms with Gasteiger partial charge < -0.3 is 19.3 Å². The van der Waals surface area contributed by atoms with Gasteiger partial charge in [0.05, 0.1) is 19.8 Å². The summed E-state index contributed by atoms with van der Waals surface area (Å²) in [6.07, 6.45) is 0.896. The average Bonchev–Trinajstić information content (AvgIpc) is 2.73. The van der Waals surface area contributed by atoms with Crippen molar-refractivity contribution < 1.29 is 19.3 Å². The summed E-state index contributed by atoms with van der Waals surface area (Å²) in [5, 5.41) is 0. The Kier molecular flexibility index (Phi) is 8.15. The van der Waals surface area contributed by atoms with Gasteiger partial charge in [-0.2, -0.15) is 0 Å². The summed E-state index contributed by atoms with van der Waals surface area (Å²) >= 11 is 0. The summed E-state index contributed by atoms with van der Waals surface area (Å²) in [5.41, 5.74) is 2.53. The number of ether oxygens (including phenoxy) is 2. The van der Waals surface area contributed by atoms with E-state index in [4.69, 9.17) is 9.47 Å². The van der Waals surface area contributed by atoms with Gasteiger partial charge in [-0.25, -0.2) is 0 Å². The molecular formula is C23H34N2O2+2. The molecule has 0 atom stereocenters. The Morgan fingerprint density at radius 2 is 1.48 bits per heavy atom. The van der Waals surface area contributed by atoms with Crippen LogP contribution < -0.4 is 14.5 Å². The molecule has 1 fully saturated rings. The van der Waals surface area contributed by atoms with Crippen LogP contribution in [0.3, 0.4) is 0 Å². The van der Waals surface area contributed by atoms with Crippen molar-refractivity contribution in [2.75, 3.05) is 59.1 Å². The van der Waals surface area contributed by atoms with Gasteiger partial charge in [-0.15, -0.1) is 0 Å². The molecule has 0 aromatic heterocycles. The fourth-order valence-corrected chi connectivity index (χ4v) is 3.70. The van der Waals surface area contributed by atoms with Crippen LogP contribution in [0.15, 0.2) is 54.6 Å². The van der Waals surface area contributed by atoms with Crippen molar-refractivity contribution in [2.24, 2.45) is 0 Å². The van der Waals surface area contributed by atoms with Gasteiger partial charge in [-0.1, -0.05) is 48.5 Å². The molecule has 146 valence electrons. The number of benzene rings is 2. The highest BCUT2D eigenvalue weighted by Gasteiger charge is 2.20. The Hall–Kier alpha value is -1.88. The molecule has 1 heterocycles. The normalized spacial score (nSPS) is 19.7. The number of nitrogens with one attached hydrogen (secondary N) is 2. The first-order chi connectivity index (χ1) is 13.3. The van der Waals surface area contributed by atoms with Gasteiger partial charge in [0.1, 0.15) is 45.1 Å². The Morgan fingerprint density at radius 3 is 2.26 bits per heavy atom. The second-order valence-corrected chi connectivity index (χ2v) is 7.33. The highest BCUT2D eigenvalue weighted by Crippen LogP contribution is 2.21. The summed E-state index contributed by atoms with van der Waals surface area (Å²) in [7, 11) is 0. The maximum Gasteiger partial charge on any atom is 0.127 e. The van der Waals surface area contributed by atoms with Crippen LogP contribution in [0.5, 0.6) is 5.75 Å². The van der Waals surface area contributed by atoms with Gasteiger partial charge >= 0.3 is 0 Å². The van der Waals surface area contributed by atoms with Crippen LogP contribution in [0.4, 0.5) is 0 Å². The average molecular weight is 371 g/mol. The lowest BCUT2D eigenvalue weighted by Gasteiger charge is -2.28. The maximum absolute atomic E-state index is 5.99. The number of piperazine rings is 1. The van der Waals surface area contributed by atoms with E-state index in [1.165, 1.54) is 43.9 Å². The summed E-state index contributed by atoms with van der Waals surface area (Å²) in [6.45, 7) is 11.9. The fourth-order valence-electron chi connectivity index (χ4n) is 3.70. The minimum absolute atomic E-state index is 0.606. The molecule has 2 aromatic carbocycles. The van der Waals surface area contributed by atoms with E-state index in [2.05, 4.69) is 55.5 Å². The molecule has 4 heteroatoms. The van der Waals surface area contributed by atoms with E-state index in [1.54, 1.807) is 9.80 Å². The molecule has 3 rings (SSSR count). The Morgan fingerprint density at radius 1 is 0.778 bits per heavy atom. The number of para-hydroxylation sites is 1. The molecule has 0 bridgehead atoms. The second-order valence-electron chi connectivity index (χ2n) is 7.33. The van der Waals surface area contributed by atoms with Crippen molar-refractivity contribution >= 4 is 0 Å². The molecule has 0 unspecified atom stereocenters. The molecule has 2 N–H and O–H groups in total. The lowest BCUT2D eigenvalue weighted by atomic mass is 10.0.